The van der Waals surface area contributed by atoms with Crippen LogP contribution < -0.4 is 0 Å². The van der Waals surface area contributed by atoms with Crippen LogP contribution in [-0.4, -0.2) is 4.98 Å². The molecule has 0 N–H and O–H groups in total. The first-order chi connectivity index (χ1) is 12.8. The van der Waals surface area contributed by atoms with Gasteiger partial charge >= 0.3 is 0 Å². The first-order valence-corrected chi connectivity index (χ1v) is 10.8. The van der Waals surface area contributed by atoms with E-state index in [0.29, 0.717) is 0 Å². The predicted molar refractivity (Wildman–Crippen MR) is 112 cm³/mol. The number of nitrogens with zero attached hydrogens (tertiary/aromatic N) is 1. The number of pyridine rings is 1. The zero-order valence-corrected chi connectivity index (χ0v) is 16.7. The molecule has 1 aliphatic rings. The Hall–Kier alpha value is -1.63. The lowest BCUT2D eigenvalue weighted by molar-refractivity contribution is 0.252. The molecule has 0 aliphatic heterocycles. The quantitative estimate of drug-likeness (QED) is 0.489. The van der Waals surface area contributed by atoms with Crippen LogP contribution >= 0.6 is 0 Å². The van der Waals surface area contributed by atoms with Crippen molar-refractivity contribution < 1.29 is 0 Å². The minimum Gasteiger partial charge on any atom is -0.256 e. The van der Waals surface area contributed by atoms with Crippen molar-refractivity contribution in [3.05, 3.63) is 53.7 Å². The van der Waals surface area contributed by atoms with Crippen molar-refractivity contribution in [2.45, 2.75) is 78.1 Å². The summed E-state index contributed by atoms with van der Waals surface area (Å²) in [5.41, 5.74) is 5.14. The molecule has 0 saturated heterocycles. The number of hydrogen-bond acceptors (Lipinski definition) is 1. The van der Waals surface area contributed by atoms with E-state index in [2.05, 4.69) is 55.2 Å². The van der Waals surface area contributed by atoms with Gasteiger partial charge in [-0.2, -0.15) is 0 Å². The summed E-state index contributed by atoms with van der Waals surface area (Å²) in [6.07, 6.45) is 15.6. The van der Waals surface area contributed by atoms with Gasteiger partial charge in [-0.1, -0.05) is 89.1 Å². The summed E-state index contributed by atoms with van der Waals surface area (Å²) < 4.78 is 0. The van der Waals surface area contributed by atoms with Crippen LogP contribution in [0.1, 0.15) is 76.3 Å². The maximum atomic E-state index is 4.64. The molecule has 0 bridgehead atoms. The van der Waals surface area contributed by atoms with Gasteiger partial charge in [-0.05, 0) is 48.3 Å². The van der Waals surface area contributed by atoms with Gasteiger partial charge in [0.2, 0.25) is 0 Å². The first-order valence-electron chi connectivity index (χ1n) is 10.8. The first kappa shape index (κ1) is 19.1. The molecule has 0 unspecified atom stereocenters. The van der Waals surface area contributed by atoms with Gasteiger partial charge in [-0.3, -0.25) is 4.98 Å². The molecule has 140 valence electrons. The number of hydrogen-bond donors (Lipinski definition) is 0. The van der Waals surface area contributed by atoms with Crippen molar-refractivity contribution in [1.29, 1.82) is 0 Å². The molecule has 1 heteroatoms. The molecule has 3 rings (SSSR count). The summed E-state index contributed by atoms with van der Waals surface area (Å²) in [5, 5.41) is 0. The Labute approximate surface area is 160 Å². The molecule has 26 heavy (non-hydrogen) atoms. The molecule has 1 aromatic heterocycles. The second-order valence-electron chi connectivity index (χ2n) is 8.21. The van der Waals surface area contributed by atoms with Crippen molar-refractivity contribution in [2.24, 2.45) is 11.8 Å². The van der Waals surface area contributed by atoms with E-state index < -0.39 is 0 Å². The number of rotatable bonds is 8. The highest BCUT2D eigenvalue weighted by atomic mass is 14.7. The SMILES string of the molecule is CCCc1ccc(-c2ccc(CCC3CCC(CCC)CC3)cc2)nc1. The van der Waals surface area contributed by atoms with Gasteiger partial charge < -0.3 is 0 Å². The summed E-state index contributed by atoms with van der Waals surface area (Å²) in [5.74, 6) is 1.97. The van der Waals surface area contributed by atoms with E-state index >= 15 is 0 Å². The summed E-state index contributed by atoms with van der Waals surface area (Å²) in [4.78, 5) is 4.64. The van der Waals surface area contributed by atoms with E-state index in [0.717, 1.165) is 24.0 Å². The van der Waals surface area contributed by atoms with Gasteiger partial charge in [0.25, 0.3) is 0 Å². The van der Waals surface area contributed by atoms with Gasteiger partial charge in [0, 0.05) is 11.8 Å². The Bertz CT molecular complexity index is 633. The van der Waals surface area contributed by atoms with Crippen LogP contribution in [0.15, 0.2) is 42.6 Å². The zero-order chi connectivity index (χ0) is 18.2. The van der Waals surface area contributed by atoms with Crippen molar-refractivity contribution in [1.82, 2.24) is 4.98 Å². The second-order valence-corrected chi connectivity index (χ2v) is 8.21. The van der Waals surface area contributed by atoms with Gasteiger partial charge in [0.15, 0.2) is 0 Å². The van der Waals surface area contributed by atoms with Gasteiger partial charge in [0.1, 0.15) is 0 Å². The van der Waals surface area contributed by atoms with E-state index in [9.17, 15) is 0 Å². The standard InChI is InChI=1S/C25H35N/c1-3-5-20-7-9-21(10-8-20)11-12-22-13-16-24(17-14-22)25-18-15-23(6-4-2)19-26-25/h13-21H,3-12H2,1-2H3. The smallest absolute Gasteiger partial charge is 0.0702 e. The monoisotopic (exact) mass is 349 g/mol. The van der Waals surface area contributed by atoms with Crippen LogP contribution in [0.25, 0.3) is 11.3 Å². The molecule has 0 amide bonds. The normalized spacial score (nSPS) is 20.2. The summed E-state index contributed by atoms with van der Waals surface area (Å²) in [6.45, 7) is 4.54. The molecule has 1 nitrogen and oxygen atoms in total. The fraction of sp³-hybridized carbons (Fsp3) is 0.560. The molecule has 1 aromatic carbocycles. The van der Waals surface area contributed by atoms with E-state index in [1.807, 2.05) is 6.20 Å². The van der Waals surface area contributed by atoms with Gasteiger partial charge in [-0.15, -0.1) is 0 Å². The Balaban J connectivity index is 1.49. The molecule has 1 fully saturated rings. The molecule has 1 aliphatic carbocycles. The van der Waals surface area contributed by atoms with Crippen molar-refractivity contribution in [3.63, 3.8) is 0 Å². The molecular formula is C25H35N. The molecule has 0 atom stereocenters. The third-order valence-corrected chi connectivity index (χ3v) is 6.12. The molecule has 0 spiro atoms. The lowest BCUT2D eigenvalue weighted by Crippen LogP contribution is -2.15. The average Bonchev–Trinajstić information content (AvgIpc) is 2.69. The minimum atomic E-state index is 0.954. The van der Waals surface area contributed by atoms with E-state index in [-0.39, 0.29) is 0 Å². The zero-order valence-electron chi connectivity index (χ0n) is 16.7. The Morgan fingerprint density at radius 1 is 0.731 bits per heavy atom. The van der Waals surface area contributed by atoms with Crippen molar-refractivity contribution >= 4 is 0 Å². The lowest BCUT2D eigenvalue weighted by Gasteiger charge is -2.28. The highest BCUT2D eigenvalue weighted by molar-refractivity contribution is 5.59. The van der Waals surface area contributed by atoms with Crippen molar-refractivity contribution in [3.8, 4) is 11.3 Å². The summed E-state index contributed by atoms with van der Waals surface area (Å²) in [7, 11) is 0. The molecule has 1 heterocycles. The maximum absolute atomic E-state index is 4.64. The largest absolute Gasteiger partial charge is 0.256 e. The fourth-order valence-corrected chi connectivity index (χ4v) is 4.46. The molecular weight excluding hydrogens is 314 g/mol. The summed E-state index contributed by atoms with van der Waals surface area (Å²) >= 11 is 0. The number of benzene rings is 1. The van der Waals surface area contributed by atoms with E-state index in [4.69, 9.17) is 0 Å². The van der Waals surface area contributed by atoms with Gasteiger partial charge in [-0.25, -0.2) is 0 Å². The second kappa shape index (κ2) is 9.90. The van der Waals surface area contributed by atoms with Crippen LogP contribution in [0.5, 0.6) is 0 Å². The maximum Gasteiger partial charge on any atom is 0.0702 e. The highest BCUT2D eigenvalue weighted by Crippen LogP contribution is 2.33. The third kappa shape index (κ3) is 5.43. The average molecular weight is 350 g/mol. The predicted octanol–water partition coefficient (Wildman–Crippen LogP) is 7.24. The van der Waals surface area contributed by atoms with Gasteiger partial charge in [0.05, 0.1) is 5.69 Å². The Morgan fingerprint density at radius 2 is 1.38 bits per heavy atom. The van der Waals surface area contributed by atoms with E-state index in [1.54, 1.807) is 0 Å². The summed E-state index contributed by atoms with van der Waals surface area (Å²) in [6, 6.07) is 13.5. The minimum absolute atomic E-state index is 0.954. The fourth-order valence-electron chi connectivity index (χ4n) is 4.46. The third-order valence-electron chi connectivity index (χ3n) is 6.12. The molecule has 2 aromatic rings. The number of aryl methyl sites for hydroxylation is 2. The Kier molecular flexibility index (Phi) is 7.29. The molecule has 0 radical (unpaired) electrons. The van der Waals surface area contributed by atoms with Crippen LogP contribution in [-0.2, 0) is 12.8 Å². The molecule has 1 saturated carbocycles. The highest BCUT2D eigenvalue weighted by Gasteiger charge is 2.20. The lowest BCUT2D eigenvalue weighted by atomic mass is 9.78. The topological polar surface area (TPSA) is 12.9 Å². The number of aromatic nitrogens is 1. The van der Waals surface area contributed by atoms with Crippen molar-refractivity contribution in [2.75, 3.05) is 0 Å². The van der Waals surface area contributed by atoms with Crippen LogP contribution in [0.4, 0.5) is 0 Å². The Morgan fingerprint density at radius 3 is 1.96 bits per heavy atom. The van der Waals surface area contributed by atoms with Crippen LogP contribution in [0.3, 0.4) is 0 Å². The van der Waals surface area contributed by atoms with E-state index in [1.165, 1.54) is 74.5 Å². The van der Waals surface area contributed by atoms with Crippen LogP contribution in [0, 0.1) is 11.8 Å². The van der Waals surface area contributed by atoms with Crippen LogP contribution in [0.2, 0.25) is 0 Å².